The Morgan fingerprint density at radius 3 is 2.15 bits per heavy atom. The SMILES string of the molecule is CCC[N+](CC)(CCC)CCSCC1C=CC=CC1C. The first kappa shape index (κ1) is 17.8. The van der Waals surface area contributed by atoms with E-state index in [4.69, 9.17) is 0 Å². The minimum atomic E-state index is 0.712. The first-order chi connectivity index (χ1) is 9.67. The molecule has 2 unspecified atom stereocenters. The smallest absolute Gasteiger partial charge is 0.0878 e. The molecule has 1 aliphatic carbocycles. The number of rotatable bonds is 10. The van der Waals surface area contributed by atoms with Gasteiger partial charge in [-0.15, -0.1) is 0 Å². The number of allylic oxidation sites excluding steroid dienone is 4. The van der Waals surface area contributed by atoms with Crippen LogP contribution in [-0.2, 0) is 0 Å². The summed E-state index contributed by atoms with van der Waals surface area (Å²) in [4.78, 5) is 0. The summed E-state index contributed by atoms with van der Waals surface area (Å²) in [5.41, 5.74) is 0. The van der Waals surface area contributed by atoms with Gasteiger partial charge in [0.05, 0.1) is 26.2 Å². The van der Waals surface area contributed by atoms with Gasteiger partial charge in [0.1, 0.15) is 0 Å². The van der Waals surface area contributed by atoms with Crippen molar-refractivity contribution in [2.45, 2.75) is 40.5 Å². The molecule has 0 radical (unpaired) electrons. The Morgan fingerprint density at radius 1 is 0.950 bits per heavy atom. The van der Waals surface area contributed by atoms with E-state index < -0.39 is 0 Å². The molecule has 0 heterocycles. The molecule has 1 nitrogen and oxygen atoms in total. The zero-order chi connectivity index (χ0) is 14.8. The predicted octanol–water partition coefficient (Wildman–Crippen LogP) is 4.75. The summed E-state index contributed by atoms with van der Waals surface area (Å²) >= 11 is 2.16. The molecule has 0 fully saturated rings. The normalized spacial score (nSPS) is 22.4. The van der Waals surface area contributed by atoms with Gasteiger partial charge >= 0.3 is 0 Å². The molecule has 0 saturated carbocycles. The van der Waals surface area contributed by atoms with Crippen LogP contribution in [0.2, 0.25) is 0 Å². The second-order valence-corrected chi connectivity index (χ2v) is 7.35. The quantitative estimate of drug-likeness (QED) is 0.414. The third-order valence-electron chi connectivity index (χ3n) is 4.65. The van der Waals surface area contributed by atoms with Gasteiger partial charge in [0, 0.05) is 11.5 Å². The summed E-state index contributed by atoms with van der Waals surface area (Å²) in [6.07, 6.45) is 11.7. The maximum absolute atomic E-state index is 2.39. The molecule has 0 aliphatic heterocycles. The summed E-state index contributed by atoms with van der Waals surface area (Å²) in [7, 11) is 0. The molecule has 0 bridgehead atoms. The number of hydrogen-bond donors (Lipinski definition) is 0. The van der Waals surface area contributed by atoms with Crippen molar-refractivity contribution in [1.29, 1.82) is 0 Å². The van der Waals surface area contributed by atoms with Gasteiger partial charge in [-0.25, -0.2) is 0 Å². The Hall–Kier alpha value is -0.210. The van der Waals surface area contributed by atoms with Gasteiger partial charge < -0.3 is 4.48 Å². The molecule has 0 N–H and O–H groups in total. The third kappa shape index (κ3) is 5.65. The van der Waals surface area contributed by atoms with Crippen molar-refractivity contribution in [3.05, 3.63) is 24.3 Å². The van der Waals surface area contributed by atoms with Gasteiger partial charge in [0.25, 0.3) is 0 Å². The molecule has 2 heteroatoms. The van der Waals surface area contributed by atoms with Crippen molar-refractivity contribution < 1.29 is 4.48 Å². The lowest BCUT2D eigenvalue weighted by Gasteiger charge is -2.37. The third-order valence-corrected chi connectivity index (χ3v) is 5.74. The molecule has 0 spiro atoms. The highest BCUT2D eigenvalue weighted by atomic mass is 32.2. The van der Waals surface area contributed by atoms with Crippen LogP contribution in [0.4, 0.5) is 0 Å². The standard InChI is InChI=1S/C18H34NS/c1-5-12-19(7-3,13-6-2)14-15-20-16-18-11-9-8-10-17(18)4/h8-11,17-18H,5-7,12-16H2,1-4H3/q+1. The van der Waals surface area contributed by atoms with Gasteiger partial charge in [-0.2, -0.15) is 11.8 Å². The Kier molecular flexibility index (Phi) is 8.63. The highest BCUT2D eigenvalue weighted by Crippen LogP contribution is 2.23. The van der Waals surface area contributed by atoms with Crippen LogP contribution in [0, 0.1) is 11.8 Å². The maximum Gasteiger partial charge on any atom is 0.0878 e. The lowest BCUT2D eigenvalue weighted by molar-refractivity contribution is -0.924. The van der Waals surface area contributed by atoms with E-state index in [9.17, 15) is 0 Å². The van der Waals surface area contributed by atoms with E-state index in [1.807, 2.05) is 0 Å². The van der Waals surface area contributed by atoms with Gasteiger partial charge in [-0.3, -0.25) is 0 Å². The molecule has 1 aliphatic rings. The number of nitrogens with zero attached hydrogens (tertiary/aromatic N) is 1. The van der Waals surface area contributed by atoms with E-state index in [0.29, 0.717) is 5.92 Å². The highest BCUT2D eigenvalue weighted by Gasteiger charge is 2.23. The van der Waals surface area contributed by atoms with Crippen LogP contribution in [-0.4, -0.2) is 42.2 Å². The summed E-state index contributed by atoms with van der Waals surface area (Å²) in [6.45, 7) is 14.7. The van der Waals surface area contributed by atoms with E-state index in [0.717, 1.165) is 5.92 Å². The van der Waals surface area contributed by atoms with E-state index in [1.54, 1.807) is 0 Å². The van der Waals surface area contributed by atoms with Gasteiger partial charge in [-0.1, -0.05) is 45.1 Å². The molecule has 1 rings (SSSR count). The van der Waals surface area contributed by atoms with Crippen molar-refractivity contribution in [3.8, 4) is 0 Å². The first-order valence-corrected chi connectivity index (χ1v) is 9.60. The molecule has 116 valence electrons. The van der Waals surface area contributed by atoms with Crippen molar-refractivity contribution in [2.75, 3.05) is 37.7 Å². The van der Waals surface area contributed by atoms with E-state index in [-0.39, 0.29) is 0 Å². The fourth-order valence-electron chi connectivity index (χ4n) is 3.21. The van der Waals surface area contributed by atoms with Crippen molar-refractivity contribution in [3.63, 3.8) is 0 Å². The van der Waals surface area contributed by atoms with Gasteiger partial charge in [-0.05, 0) is 31.6 Å². The fourth-order valence-corrected chi connectivity index (χ4v) is 4.58. The van der Waals surface area contributed by atoms with E-state index in [1.165, 1.54) is 55.0 Å². The topological polar surface area (TPSA) is 0 Å². The maximum atomic E-state index is 2.39. The van der Waals surface area contributed by atoms with Gasteiger partial charge in [0.2, 0.25) is 0 Å². The average molecular weight is 297 g/mol. The minimum Gasteiger partial charge on any atom is -0.323 e. The molecule has 0 saturated heterocycles. The molecule has 0 aromatic rings. The molecule has 0 aromatic carbocycles. The second-order valence-electron chi connectivity index (χ2n) is 6.20. The molecule has 2 atom stereocenters. The van der Waals surface area contributed by atoms with Crippen LogP contribution in [0.3, 0.4) is 0 Å². The summed E-state index contributed by atoms with van der Waals surface area (Å²) < 4.78 is 1.33. The predicted molar refractivity (Wildman–Crippen MR) is 94.2 cm³/mol. The van der Waals surface area contributed by atoms with Gasteiger partial charge in [0.15, 0.2) is 0 Å². The average Bonchev–Trinajstić information content (AvgIpc) is 2.45. The van der Waals surface area contributed by atoms with Crippen molar-refractivity contribution >= 4 is 11.8 Å². The first-order valence-electron chi connectivity index (χ1n) is 8.45. The molecule has 20 heavy (non-hydrogen) atoms. The number of hydrogen-bond acceptors (Lipinski definition) is 1. The number of thioether (sulfide) groups is 1. The van der Waals surface area contributed by atoms with Crippen LogP contribution >= 0.6 is 11.8 Å². The van der Waals surface area contributed by atoms with Crippen molar-refractivity contribution in [1.82, 2.24) is 0 Å². The van der Waals surface area contributed by atoms with Crippen LogP contribution in [0.15, 0.2) is 24.3 Å². The highest BCUT2D eigenvalue weighted by molar-refractivity contribution is 7.99. The van der Waals surface area contributed by atoms with Crippen LogP contribution in [0.1, 0.15) is 40.5 Å². The zero-order valence-electron chi connectivity index (χ0n) is 14.0. The molecule has 0 aromatic heterocycles. The number of quaternary nitrogens is 1. The van der Waals surface area contributed by atoms with Crippen LogP contribution in [0.5, 0.6) is 0 Å². The van der Waals surface area contributed by atoms with Crippen molar-refractivity contribution in [2.24, 2.45) is 11.8 Å². The molecular weight excluding hydrogens is 262 g/mol. The lowest BCUT2D eigenvalue weighted by Crippen LogP contribution is -2.50. The Bertz CT molecular complexity index is 303. The lowest BCUT2D eigenvalue weighted by atomic mass is 9.92. The molecule has 0 amide bonds. The molecular formula is C18H34NS+. The summed E-state index contributed by atoms with van der Waals surface area (Å²) in [6, 6.07) is 0. The summed E-state index contributed by atoms with van der Waals surface area (Å²) in [5.74, 6) is 4.05. The van der Waals surface area contributed by atoms with Crippen LogP contribution < -0.4 is 0 Å². The zero-order valence-corrected chi connectivity index (χ0v) is 14.8. The second kappa shape index (κ2) is 9.68. The monoisotopic (exact) mass is 296 g/mol. The fraction of sp³-hybridized carbons (Fsp3) is 0.778. The Labute approximate surface area is 131 Å². The van der Waals surface area contributed by atoms with E-state index >= 15 is 0 Å². The van der Waals surface area contributed by atoms with Crippen LogP contribution in [0.25, 0.3) is 0 Å². The Morgan fingerprint density at radius 2 is 1.60 bits per heavy atom. The summed E-state index contributed by atoms with van der Waals surface area (Å²) in [5, 5.41) is 0. The van der Waals surface area contributed by atoms with E-state index in [2.05, 4.69) is 63.8 Å². The minimum absolute atomic E-state index is 0.712. The largest absolute Gasteiger partial charge is 0.323 e. The Balaban J connectivity index is 2.33.